The van der Waals surface area contributed by atoms with Gasteiger partial charge >= 0.3 is 0 Å². The van der Waals surface area contributed by atoms with E-state index >= 15 is 0 Å². The maximum atomic E-state index is 6.01. The van der Waals surface area contributed by atoms with Crippen LogP contribution in [0, 0.1) is 13.8 Å². The Hall–Kier alpha value is -7.11. The molecule has 53 heavy (non-hydrogen) atoms. The molecule has 18 heteroatoms. The second kappa shape index (κ2) is 19.9. The zero-order chi connectivity index (χ0) is 38.0. The van der Waals surface area contributed by atoms with Gasteiger partial charge in [-0.2, -0.15) is 15.0 Å². The summed E-state index contributed by atoms with van der Waals surface area (Å²) in [6.45, 7) is 4.73. The summed E-state index contributed by atoms with van der Waals surface area (Å²) in [6, 6.07) is 24.7. The summed E-state index contributed by atoms with van der Waals surface area (Å²) in [5.74, 6) is 1.81. The lowest BCUT2D eigenvalue weighted by Gasteiger charge is -2.07. The van der Waals surface area contributed by atoms with E-state index in [9.17, 15) is 0 Å². The summed E-state index contributed by atoms with van der Waals surface area (Å²) >= 11 is 0. The molecule has 0 aliphatic rings. The maximum absolute atomic E-state index is 6.01. The summed E-state index contributed by atoms with van der Waals surface area (Å²) in [7, 11) is 0. The Balaban J connectivity index is 1.41. The minimum Gasteiger partial charge on any atom is -0.369 e. The number of aromatic nitrogens is 3. The van der Waals surface area contributed by atoms with Crippen molar-refractivity contribution in [1.82, 2.24) is 15.0 Å². The lowest BCUT2D eigenvalue weighted by Crippen LogP contribution is -2.26. The van der Waals surface area contributed by atoms with E-state index in [1.807, 2.05) is 92.7 Å². The number of nitrogens with one attached hydrogen (secondary N) is 3. The number of para-hydroxylation sites is 1. The molecule has 276 valence electrons. The number of rotatable bonds is 12. The number of anilines is 3. The normalized spacial score (nSPS) is 13.2. The molecule has 3 aromatic carbocycles. The van der Waals surface area contributed by atoms with Crippen LogP contribution < -0.4 is 50.4 Å². The van der Waals surface area contributed by atoms with Crippen molar-refractivity contribution < 1.29 is 0 Å². The number of aryl methyl sites for hydroxylation is 2. The first kappa shape index (κ1) is 38.7. The van der Waals surface area contributed by atoms with Gasteiger partial charge in [0.15, 0.2) is 0 Å². The standard InChI is InChI=1S/C35H46N18/c1-22-8-12-25(13-9-22)46-34(40)52-31(37)43-20-17-28-48-27(16-19-42-30(36)51-33(39)45-24-6-4-3-5-7-24)49-29(50-28)18-21-44-32(38)53-35(41)47-26-14-10-23(2)11-15-26/h3-15H,16-21H2,1-2H3,(H5,36,39,42,45,51)(H5,37,40,43,46,52)(H5,38,41,44,47,53). The van der Waals surface area contributed by atoms with Crippen molar-refractivity contribution in [3.05, 3.63) is 107 Å². The number of aliphatic imine (C=N–C) groups is 6. The van der Waals surface area contributed by atoms with Crippen molar-refractivity contribution >= 4 is 52.8 Å². The van der Waals surface area contributed by atoms with Crippen LogP contribution in [-0.4, -0.2) is 70.3 Å². The van der Waals surface area contributed by atoms with Crippen molar-refractivity contribution in [2.45, 2.75) is 33.1 Å². The largest absolute Gasteiger partial charge is 0.369 e. The Kier molecular flexibility index (Phi) is 14.5. The number of hydrogen-bond acceptors (Lipinski definition) is 6. The van der Waals surface area contributed by atoms with E-state index in [-0.39, 0.29) is 55.4 Å². The summed E-state index contributed by atoms with van der Waals surface area (Å²) in [5, 5.41) is 8.91. The lowest BCUT2D eigenvalue weighted by atomic mass is 10.2. The third kappa shape index (κ3) is 14.7. The molecule has 4 aromatic rings. The van der Waals surface area contributed by atoms with Crippen molar-refractivity contribution in [3.63, 3.8) is 0 Å². The van der Waals surface area contributed by atoms with Gasteiger partial charge in [0, 0.05) is 56.0 Å². The molecule has 0 saturated heterocycles. The van der Waals surface area contributed by atoms with Gasteiger partial charge in [-0.3, -0.25) is 15.0 Å². The molecule has 1 heterocycles. The summed E-state index contributed by atoms with van der Waals surface area (Å²) < 4.78 is 0. The number of benzene rings is 3. The molecule has 1 aromatic heterocycles. The second-order valence-corrected chi connectivity index (χ2v) is 11.5. The number of nitrogens with two attached hydrogens (primary N) is 6. The molecule has 15 N–H and O–H groups in total. The Morgan fingerprint density at radius 2 is 0.755 bits per heavy atom. The van der Waals surface area contributed by atoms with Crippen LogP contribution in [0.3, 0.4) is 0 Å². The van der Waals surface area contributed by atoms with Gasteiger partial charge in [0.05, 0.1) is 0 Å². The van der Waals surface area contributed by atoms with Crippen molar-refractivity contribution in [2.75, 3.05) is 35.6 Å². The highest BCUT2D eigenvalue weighted by Crippen LogP contribution is 2.09. The molecule has 0 unspecified atom stereocenters. The van der Waals surface area contributed by atoms with Gasteiger partial charge in [0.2, 0.25) is 35.8 Å². The quantitative estimate of drug-likeness (QED) is 0.0740. The van der Waals surface area contributed by atoms with Crippen LogP contribution in [0.15, 0.2) is 109 Å². The molecule has 4 rings (SSSR count). The molecule has 0 saturated carbocycles. The van der Waals surface area contributed by atoms with Gasteiger partial charge < -0.3 is 50.4 Å². The monoisotopic (exact) mass is 718 g/mol. The molecule has 18 nitrogen and oxygen atoms in total. The molecule has 0 aliphatic heterocycles. The number of hydrogen-bond donors (Lipinski definition) is 9. The van der Waals surface area contributed by atoms with Gasteiger partial charge in [0.1, 0.15) is 17.5 Å². The minimum absolute atomic E-state index is 0.00319. The Labute approximate surface area is 307 Å². The fourth-order valence-corrected chi connectivity index (χ4v) is 4.47. The highest BCUT2D eigenvalue weighted by Gasteiger charge is 2.08. The Morgan fingerprint density at radius 1 is 0.453 bits per heavy atom. The van der Waals surface area contributed by atoms with E-state index < -0.39 is 0 Å². The van der Waals surface area contributed by atoms with Gasteiger partial charge in [-0.05, 0) is 50.2 Å². The van der Waals surface area contributed by atoms with E-state index in [0.29, 0.717) is 36.7 Å². The molecule has 0 aliphatic carbocycles. The first-order valence-corrected chi connectivity index (χ1v) is 16.6. The molecule has 0 radical (unpaired) electrons. The third-order valence-corrected chi connectivity index (χ3v) is 7.00. The van der Waals surface area contributed by atoms with Crippen molar-refractivity contribution in [3.8, 4) is 0 Å². The fraction of sp³-hybridized carbons (Fsp3) is 0.229. The summed E-state index contributed by atoms with van der Waals surface area (Å²) in [4.78, 5) is 39.1. The van der Waals surface area contributed by atoms with Crippen molar-refractivity contribution in [2.24, 2.45) is 64.4 Å². The van der Waals surface area contributed by atoms with Crippen LogP contribution in [0.5, 0.6) is 0 Å². The smallest absolute Gasteiger partial charge is 0.218 e. The van der Waals surface area contributed by atoms with Gasteiger partial charge in [-0.25, -0.2) is 15.0 Å². The zero-order valence-corrected chi connectivity index (χ0v) is 29.7. The third-order valence-electron chi connectivity index (χ3n) is 7.00. The zero-order valence-electron chi connectivity index (χ0n) is 29.7. The van der Waals surface area contributed by atoms with E-state index in [4.69, 9.17) is 34.4 Å². The molecule has 0 fully saturated rings. The van der Waals surface area contributed by atoms with Crippen LogP contribution in [0.2, 0.25) is 0 Å². The van der Waals surface area contributed by atoms with E-state index in [1.165, 1.54) is 0 Å². The van der Waals surface area contributed by atoms with E-state index in [2.05, 4.69) is 60.9 Å². The van der Waals surface area contributed by atoms with Crippen LogP contribution in [0.1, 0.15) is 28.6 Å². The molecule has 0 atom stereocenters. The van der Waals surface area contributed by atoms with Crippen LogP contribution in [0.25, 0.3) is 0 Å². The average molecular weight is 719 g/mol. The Bertz CT molecular complexity index is 1860. The molecular formula is C35H46N18. The average Bonchev–Trinajstić information content (AvgIpc) is 3.10. The topological polar surface area (TPSA) is 305 Å². The highest BCUT2D eigenvalue weighted by atomic mass is 15.2. The minimum atomic E-state index is 0.00319. The van der Waals surface area contributed by atoms with Crippen LogP contribution in [-0.2, 0) is 19.3 Å². The van der Waals surface area contributed by atoms with Gasteiger partial charge in [0.25, 0.3) is 0 Å². The second-order valence-electron chi connectivity index (χ2n) is 11.5. The van der Waals surface area contributed by atoms with Crippen molar-refractivity contribution in [1.29, 1.82) is 0 Å². The lowest BCUT2D eigenvalue weighted by molar-refractivity contribution is 0.730. The van der Waals surface area contributed by atoms with Crippen LogP contribution in [0.4, 0.5) is 17.1 Å². The molecule has 0 spiro atoms. The van der Waals surface area contributed by atoms with E-state index in [1.54, 1.807) is 0 Å². The summed E-state index contributed by atoms with van der Waals surface area (Å²) in [6.07, 6.45) is 1.04. The molecule has 0 amide bonds. The SMILES string of the molecule is Cc1ccc(NC(N)=NC(N)=NCCc2nc(CCN=C(N)N=C(N)Nc3ccccc3)nc(CCN=C(N)N=C(N)Nc3ccc(C)cc3)n2)cc1. The predicted molar refractivity (Wildman–Crippen MR) is 215 cm³/mol. The first-order chi connectivity index (χ1) is 25.5. The maximum Gasteiger partial charge on any atom is 0.218 e. The predicted octanol–water partition coefficient (Wildman–Crippen LogP) is 1.34. The van der Waals surface area contributed by atoms with Gasteiger partial charge in [-0.15, -0.1) is 0 Å². The fourth-order valence-electron chi connectivity index (χ4n) is 4.47. The van der Waals surface area contributed by atoms with Gasteiger partial charge in [-0.1, -0.05) is 53.6 Å². The number of guanidine groups is 6. The highest BCUT2D eigenvalue weighted by molar-refractivity contribution is 6.02. The summed E-state index contributed by atoms with van der Waals surface area (Å²) in [5.41, 5.74) is 40.6. The van der Waals surface area contributed by atoms with Crippen LogP contribution >= 0.6 is 0 Å². The number of nitrogens with zero attached hydrogens (tertiary/aromatic N) is 9. The van der Waals surface area contributed by atoms with E-state index in [0.717, 1.165) is 28.2 Å². The molecule has 0 bridgehead atoms. The molecular weight excluding hydrogens is 673 g/mol. The Morgan fingerprint density at radius 3 is 1.08 bits per heavy atom. The first-order valence-electron chi connectivity index (χ1n) is 16.6.